The maximum Gasteiger partial charge on any atom is 0.225 e. The first-order chi connectivity index (χ1) is 9.99. The zero-order valence-corrected chi connectivity index (χ0v) is 14.2. The Kier molecular flexibility index (Phi) is 5.71. The third-order valence-corrected chi connectivity index (χ3v) is 4.75. The molecule has 1 aliphatic rings. The van der Waals surface area contributed by atoms with E-state index in [1.54, 1.807) is 11.8 Å². The molecule has 1 aromatic carbocycles. The predicted octanol–water partition coefficient (Wildman–Crippen LogP) is 3.57. The molecule has 1 amide bonds. The van der Waals surface area contributed by atoms with Crippen LogP contribution in [0.5, 0.6) is 0 Å². The van der Waals surface area contributed by atoms with Crippen LogP contribution >= 0.6 is 11.8 Å². The molecule has 0 aromatic heterocycles. The van der Waals surface area contributed by atoms with Crippen LogP contribution in [0, 0.1) is 5.92 Å². The van der Waals surface area contributed by atoms with Gasteiger partial charge >= 0.3 is 0 Å². The number of rotatable bonds is 4. The Hall–Kier alpha value is -1.00. The standard InChI is InChI=1S/C17H25NO2S/c1-12-9-15(10-13(2)20-12)17(19)18(3)11-14-5-7-16(21-4)8-6-14/h5-8,12-13,15H,9-11H2,1-4H3/t12-,13+,15?. The van der Waals surface area contributed by atoms with E-state index >= 15 is 0 Å². The number of hydrogen-bond acceptors (Lipinski definition) is 3. The maximum absolute atomic E-state index is 12.6. The van der Waals surface area contributed by atoms with Crippen LogP contribution in [0.3, 0.4) is 0 Å². The van der Waals surface area contributed by atoms with Gasteiger partial charge < -0.3 is 9.64 Å². The summed E-state index contributed by atoms with van der Waals surface area (Å²) in [6.45, 7) is 4.78. The van der Waals surface area contributed by atoms with E-state index in [4.69, 9.17) is 4.74 Å². The molecule has 1 fully saturated rings. The molecule has 0 radical (unpaired) electrons. The summed E-state index contributed by atoms with van der Waals surface area (Å²) in [4.78, 5) is 15.7. The number of nitrogens with zero attached hydrogens (tertiary/aromatic N) is 1. The summed E-state index contributed by atoms with van der Waals surface area (Å²) in [6.07, 6.45) is 4.09. The minimum absolute atomic E-state index is 0.0965. The fourth-order valence-electron chi connectivity index (χ4n) is 3.00. The first kappa shape index (κ1) is 16.4. The monoisotopic (exact) mass is 307 g/mol. The van der Waals surface area contributed by atoms with E-state index in [0.717, 1.165) is 12.8 Å². The van der Waals surface area contributed by atoms with Crippen molar-refractivity contribution >= 4 is 17.7 Å². The minimum Gasteiger partial charge on any atom is -0.376 e. The van der Waals surface area contributed by atoms with Crippen molar-refractivity contribution in [2.45, 2.75) is 50.3 Å². The average molecular weight is 307 g/mol. The molecular formula is C17H25NO2S. The minimum atomic E-state index is 0.0965. The van der Waals surface area contributed by atoms with Crippen molar-refractivity contribution in [3.05, 3.63) is 29.8 Å². The molecule has 1 heterocycles. The molecule has 1 unspecified atom stereocenters. The van der Waals surface area contributed by atoms with Gasteiger partial charge in [-0.05, 0) is 50.6 Å². The van der Waals surface area contributed by atoms with Gasteiger partial charge in [-0.3, -0.25) is 4.79 Å². The van der Waals surface area contributed by atoms with Gasteiger partial charge in [-0.15, -0.1) is 11.8 Å². The van der Waals surface area contributed by atoms with Crippen LogP contribution in [-0.2, 0) is 16.1 Å². The second kappa shape index (κ2) is 7.32. The number of ether oxygens (including phenoxy) is 1. The van der Waals surface area contributed by atoms with Gasteiger partial charge in [0.15, 0.2) is 0 Å². The Morgan fingerprint density at radius 2 is 1.81 bits per heavy atom. The Morgan fingerprint density at radius 1 is 1.24 bits per heavy atom. The first-order valence-electron chi connectivity index (χ1n) is 7.53. The van der Waals surface area contributed by atoms with E-state index < -0.39 is 0 Å². The third-order valence-electron chi connectivity index (χ3n) is 4.00. The third kappa shape index (κ3) is 4.48. The average Bonchev–Trinajstić information content (AvgIpc) is 2.46. The topological polar surface area (TPSA) is 29.5 Å². The first-order valence-corrected chi connectivity index (χ1v) is 8.75. The number of hydrogen-bond donors (Lipinski definition) is 0. The number of thioether (sulfide) groups is 1. The van der Waals surface area contributed by atoms with Crippen molar-refractivity contribution in [1.82, 2.24) is 4.90 Å². The molecule has 0 aliphatic carbocycles. The lowest BCUT2D eigenvalue weighted by Crippen LogP contribution is -2.39. The molecule has 1 aliphatic heterocycles. The van der Waals surface area contributed by atoms with Gasteiger partial charge in [-0.2, -0.15) is 0 Å². The Morgan fingerprint density at radius 3 is 2.33 bits per heavy atom. The van der Waals surface area contributed by atoms with Gasteiger partial charge in [0, 0.05) is 24.4 Å². The number of carbonyl (C=O) groups excluding carboxylic acids is 1. The van der Waals surface area contributed by atoms with E-state index in [-0.39, 0.29) is 24.0 Å². The molecule has 4 heteroatoms. The molecule has 116 valence electrons. The lowest BCUT2D eigenvalue weighted by Gasteiger charge is -2.33. The fourth-order valence-corrected chi connectivity index (χ4v) is 3.41. The van der Waals surface area contributed by atoms with Gasteiger partial charge in [0.1, 0.15) is 0 Å². The fraction of sp³-hybridized carbons (Fsp3) is 0.588. The van der Waals surface area contributed by atoms with E-state index in [0.29, 0.717) is 6.54 Å². The highest BCUT2D eigenvalue weighted by atomic mass is 32.2. The van der Waals surface area contributed by atoms with Crippen LogP contribution in [-0.4, -0.2) is 36.3 Å². The van der Waals surface area contributed by atoms with Crippen molar-refractivity contribution in [2.24, 2.45) is 5.92 Å². The molecule has 0 bridgehead atoms. The Labute approximate surface area is 132 Å². The summed E-state index contributed by atoms with van der Waals surface area (Å²) >= 11 is 1.73. The predicted molar refractivity (Wildman–Crippen MR) is 87.4 cm³/mol. The zero-order chi connectivity index (χ0) is 15.4. The van der Waals surface area contributed by atoms with Crippen molar-refractivity contribution in [2.75, 3.05) is 13.3 Å². The highest BCUT2D eigenvalue weighted by molar-refractivity contribution is 7.98. The van der Waals surface area contributed by atoms with Gasteiger partial charge in [-0.25, -0.2) is 0 Å². The quantitative estimate of drug-likeness (QED) is 0.796. The largest absolute Gasteiger partial charge is 0.376 e. The second-order valence-corrected chi connectivity index (χ2v) is 6.85. The van der Waals surface area contributed by atoms with Crippen molar-refractivity contribution in [3.63, 3.8) is 0 Å². The zero-order valence-electron chi connectivity index (χ0n) is 13.3. The number of benzene rings is 1. The van der Waals surface area contributed by atoms with Crippen LogP contribution in [0.4, 0.5) is 0 Å². The van der Waals surface area contributed by atoms with Crippen molar-refractivity contribution in [3.8, 4) is 0 Å². The smallest absolute Gasteiger partial charge is 0.225 e. The highest BCUT2D eigenvalue weighted by Crippen LogP contribution is 2.26. The summed E-state index contributed by atoms with van der Waals surface area (Å²) in [5.41, 5.74) is 1.18. The van der Waals surface area contributed by atoms with E-state index in [2.05, 4.69) is 44.4 Å². The molecule has 3 nitrogen and oxygen atoms in total. The molecule has 1 aromatic rings. The molecule has 3 atom stereocenters. The summed E-state index contributed by atoms with van der Waals surface area (Å²) in [6, 6.07) is 8.42. The van der Waals surface area contributed by atoms with Crippen molar-refractivity contribution < 1.29 is 9.53 Å². The maximum atomic E-state index is 12.6. The lowest BCUT2D eigenvalue weighted by atomic mass is 9.91. The normalized spacial score (nSPS) is 25.6. The van der Waals surface area contributed by atoms with Crippen LogP contribution in [0.15, 0.2) is 29.2 Å². The van der Waals surface area contributed by atoms with Crippen molar-refractivity contribution in [1.29, 1.82) is 0 Å². The van der Waals surface area contributed by atoms with Crippen LogP contribution < -0.4 is 0 Å². The SMILES string of the molecule is CSc1ccc(CN(C)C(=O)C2C[C@@H](C)O[C@@H](C)C2)cc1. The summed E-state index contributed by atoms with van der Waals surface area (Å²) in [5, 5.41) is 0. The van der Waals surface area contributed by atoms with Gasteiger partial charge in [0.25, 0.3) is 0 Å². The highest BCUT2D eigenvalue weighted by Gasteiger charge is 2.31. The molecule has 2 rings (SSSR count). The van der Waals surface area contributed by atoms with Crippen LogP contribution in [0.25, 0.3) is 0 Å². The van der Waals surface area contributed by atoms with Crippen LogP contribution in [0.2, 0.25) is 0 Å². The lowest BCUT2D eigenvalue weighted by molar-refractivity contribution is -0.142. The molecule has 0 saturated carbocycles. The van der Waals surface area contributed by atoms with Gasteiger partial charge in [0.2, 0.25) is 5.91 Å². The molecule has 0 N–H and O–H groups in total. The van der Waals surface area contributed by atoms with E-state index in [1.807, 2.05) is 11.9 Å². The number of carbonyl (C=O) groups is 1. The summed E-state index contributed by atoms with van der Waals surface area (Å²) in [5.74, 6) is 0.338. The van der Waals surface area contributed by atoms with Gasteiger partial charge in [0.05, 0.1) is 12.2 Å². The second-order valence-electron chi connectivity index (χ2n) is 5.97. The Bertz CT molecular complexity index is 464. The number of amides is 1. The molecule has 21 heavy (non-hydrogen) atoms. The van der Waals surface area contributed by atoms with E-state index in [9.17, 15) is 4.79 Å². The van der Waals surface area contributed by atoms with E-state index in [1.165, 1.54) is 10.5 Å². The van der Waals surface area contributed by atoms with Crippen LogP contribution in [0.1, 0.15) is 32.3 Å². The van der Waals surface area contributed by atoms with Gasteiger partial charge in [-0.1, -0.05) is 12.1 Å². The molecule has 1 saturated heterocycles. The summed E-state index contributed by atoms with van der Waals surface area (Å²) in [7, 11) is 1.90. The molecule has 0 spiro atoms. The summed E-state index contributed by atoms with van der Waals surface area (Å²) < 4.78 is 5.72. The molecular weight excluding hydrogens is 282 g/mol. The Balaban J connectivity index is 1.95.